The highest BCUT2D eigenvalue weighted by Crippen LogP contribution is 2.33. The van der Waals surface area contributed by atoms with Crippen LogP contribution in [-0.2, 0) is 9.47 Å². The number of benzene rings is 2. The van der Waals surface area contributed by atoms with Crippen LogP contribution < -0.4 is 0 Å². The molecule has 2 aliphatic rings. The summed E-state index contributed by atoms with van der Waals surface area (Å²) >= 11 is 0. The molecule has 0 radical (unpaired) electrons. The van der Waals surface area contributed by atoms with Gasteiger partial charge in [-0.25, -0.2) is 9.59 Å². The fourth-order valence-electron chi connectivity index (χ4n) is 3.10. The maximum Gasteiger partial charge on any atom is 0.344 e. The number of allylic oxidation sites excluding steroid dienone is 2. The molecule has 0 unspecified atom stereocenters. The van der Waals surface area contributed by atoms with Gasteiger partial charge in [0.1, 0.15) is 23.0 Å². The fraction of sp³-hybridized carbons (Fsp3) is 0.250. The normalized spacial score (nSPS) is 16.6. The molecular formula is C24H24O6. The first kappa shape index (κ1) is 21.2. The van der Waals surface area contributed by atoms with Crippen molar-refractivity contribution in [1.29, 1.82) is 0 Å². The number of esters is 2. The van der Waals surface area contributed by atoms with Crippen molar-refractivity contribution in [3.05, 3.63) is 70.8 Å². The summed E-state index contributed by atoms with van der Waals surface area (Å²) in [5.41, 5.74) is 2.42. The average Bonchev–Trinajstić information content (AvgIpc) is 3.21. The van der Waals surface area contributed by atoms with Crippen LogP contribution in [0.25, 0.3) is 11.5 Å². The van der Waals surface area contributed by atoms with E-state index in [1.807, 2.05) is 12.2 Å². The fourth-order valence-corrected chi connectivity index (χ4v) is 3.10. The molecule has 0 fully saturated rings. The molecule has 0 saturated carbocycles. The molecule has 30 heavy (non-hydrogen) atoms. The molecular weight excluding hydrogens is 384 g/mol. The van der Waals surface area contributed by atoms with Crippen LogP contribution in [0.2, 0.25) is 0 Å². The number of unbranched alkanes of at least 4 members (excludes halogenated alkanes) is 2. The van der Waals surface area contributed by atoms with Crippen LogP contribution in [0.15, 0.2) is 48.6 Å². The van der Waals surface area contributed by atoms with Crippen molar-refractivity contribution in [3.8, 4) is 11.5 Å². The minimum Gasteiger partial charge on any atom is -0.508 e. The maximum absolute atomic E-state index is 11.4. The molecule has 2 aromatic rings. The van der Waals surface area contributed by atoms with E-state index in [-0.39, 0.29) is 23.4 Å². The zero-order valence-electron chi connectivity index (χ0n) is 17.0. The third-order valence-corrected chi connectivity index (χ3v) is 4.62. The minimum atomic E-state index is -0.340. The Balaban J connectivity index is 0.000000171. The number of phenolic OH excluding ortho intramolecular Hbond substituents is 2. The topological polar surface area (TPSA) is 93.1 Å². The van der Waals surface area contributed by atoms with E-state index in [0.29, 0.717) is 33.8 Å². The van der Waals surface area contributed by atoms with E-state index in [1.165, 1.54) is 12.1 Å². The van der Waals surface area contributed by atoms with Crippen molar-refractivity contribution < 1.29 is 29.3 Å². The summed E-state index contributed by atoms with van der Waals surface area (Å²) in [7, 11) is 0. The van der Waals surface area contributed by atoms with Gasteiger partial charge in [-0.2, -0.15) is 0 Å². The number of aromatic hydroxyl groups is 2. The Kier molecular flexibility index (Phi) is 6.57. The van der Waals surface area contributed by atoms with Gasteiger partial charge in [0, 0.05) is 11.1 Å². The lowest BCUT2D eigenvalue weighted by atomic mass is 10.1. The lowest BCUT2D eigenvalue weighted by Gasteiger charge is -1.98. The third kappa shape index (κ3) is 4.54. The van der Waals surface area contributed by atoms with Crippen LogP contribution in [0, 0.1) is 0 Å². The highest BCUT2D eigenvalue weighted by Gasteiger charge is 2.27. The lowest BCUT2D eigenvalue weighted by molar-refractivity contribution is 0.0705. The summed E-state index contributed by atoms with van der Waals surface area (Å²) in [5, 5.41) is 18.7. The van der Waals surface area contributed by atoms with E-state index in [1.54, 1.807) is 24.3 Å². The van der Waals surface area contributed by atoms with Crippen molar-refractivity contribution >= 4 is 23.5 Å². The Labute approximate surface area is 175 Å². The number of hydrogen-bond acceptors (Lipinski definition) is 6. The van der Waals surface area contributed by atoms with Gasteiger partial charge in [0.05, 0.1) is 11.1 Å². The molecule has 0 atom stereocenters. The Morgan fingerprint density at radius 3 is 1.47 bits per heavy atom. The molecule has 0 spiro atoms. The van der Waals surface area contributed by atoms with Crippen molar-refractivity contribution in [1.82, 2.24) is 0 Å². The van der Waals surface area contributed by atoms with Crippen LogP contribution in [0.4, 0.5) is 0 Å². The summed E-state index contributed by atoms with van der Waals surface area (Å²) in [6, 6.07) is 9.26. The van der Waals surface area contributed by atoms with Crippen LogP contribution in [0.5, 0.6) is 11.5 Å². The molecule has 156 valence electrons. The number of cyclic esters (lactones) is 2. The van der Waals surface area contributed by atoms with E-state index in [2.05, 4.69) is 13.8 Å². The lowest BCUT2D eigenvalue weighted by Crippen LogP contribution is -1.92. The van der Waals surface area contributed by atoms with Gasteiger partial charge in [0.2, 0.25) is 0 Å². The van der Waals surface area contributed by atoms with Crippen LogP contribution in [0.3, 0.4) is 0 Å². The number of rotatable bonds is 4. The largest absolute Gasteiger partial charge is 0.508 e. The Morgan fingerprint density at radius 2 is 1.10 bits per heavy atom. The predicted octanol–water partition coefficient (Wildman–Crippen LogP) is 5.41. The van der Waals surface area contributed by atoms with Crippen molar-refractivity contribution in [3.63, 3.8) is 0 Å². The van der Waals surface area contributed by atoms with Crippen molar-refractivity contribution in [2.75, 3.05) is 0 Å². The van der Waals surface area contributed by atoms with E-state index in [4.69, 9.17) is 9.47 Å². The van der Waals surface area contributed by atoms with Gasteiger partial charge >= 0.3 is 11.9 Å². The number of carbonyl (C=O) groups excluding carboxylic acids is 2. The number of ether oxygens (including phenoxy) is 2. The molecule has 2 N–H and O–H groups in total. The second-order valence-corrected chi connectivity index (χ2v) is 6.95. The van der Waals surface area contributed by atoms with Gasteiger partial charge in [-0.05, 0) is 61.4 Å². The standard InChI is InChI=1S/2C12H12O3/c2*1-2-3-4-11-10-7-8(13)5-6-9(10)12(14)15-11/h2*4-7,13H,2-3H2,1H3. The average molecular weight is 408 g/mol. The van der Waals surface area contributed by atoms with Crippen LogP contribution in [-0.4, -0.2) is 22.2 Å². The molecule has 4 rings (SSSR count). The smallest absolute Gasteiger partial charge is 0.344 e. The molecule has 0 aromatic heterocycles. The minimum absolute atomic E-state index is 0.148. The molecule has 0 amide bonds. The molecule has 0 bridgehead atoms. The second-order valence-electron chi connectivity index (χ2n) is 6.95. The maximum atomic E-state index is 11.4. The first-order valence-corrected chi connectivity index (χ1v) is 9.96. The van der Waals surface area contributed by atoms with Gasteiger partial charge in [0.25, 0.3) is 0 Å². The van der Waals surface area contributed by atoms with Gasteiger partial charge in [0.15, 0.2) is 0 Å². The SMILES string of the molecule is CCCC=C1OC(=O)c2ccc(O)cc21.CCCC=C1OC(=O)c2ccc(O)cc21. The first-order valence-electron chi connectivity index (χ1n) is 9.96. The highest BCUT2D eigenvalue weighted by molar-refractivity contribution is 6.03. The zero-order chi connectivity index (χ0) is 21.7. The Bertz CT molecular complexity index is 948. The molecule has 2 aromatic carbocycles. The van der Waals surface area contributed by atoms with Crippen molar-refractivity contribution in [2.45, 2.75) is 39.5 Å². The second kappa shape index (κ2) is 9.31. The van der Waals surface area contributed by atoms with Gasteiger partial charge in [-0.1, -0.05) is 26.7 Å². The summed E-state index contributed by atoms with van der Waals surface area (Å²) in [5.74, 6) is 0.740. The molecule has 0 aliphatic carbocycles. The highest BCUT2D eigenvalue weighted by atomic mass is 16.5. The van der Waals surface area contributed by atoms with E-state index >= 15 is 0 Å². The van der Waals surface area contributed by atoms with Crippen LogP contribution in [0.1, 0.15) is 71.4 Å². The third-order valence-electron chi connectivity index (χ3n) is 4.62. The van der Waals surface area contributed by atoms with E-state index in [0.717, 1.165) is 25.7 Å². The molecule has 2 heterocycles. The number of carbonyl (C=O) groups is 2. The quantitative estimate of drug-likeness (QED) is 0.657. The van der Waals surface area contributed by atoms with Gasteiger partial charge < -0.3 is 19.7 Å². The van der Waals surface area contributed by atoms with Crippen LogP contribution >= 0.6 is 0 Å². The van der Waals surface area contributed by atoms with Crippen molar-refractivity contribution in [2.24, 2.45) is 0 Å². The summed E-state index contributed by atoms with van der Waals surface area (Å²) in [6.07, 6.45) is 7.46. The summed E-state index contributed by atoms with van der Waals surface area (Å²) in [6.45, 7) is 4.11. The zero-order valence-corrected chi connectivity index (χ0v) is 17.0. The molecule has 2 aliphatic heterocycles. The van der Waals surface area contributed by atoms with Gasteiger partial charge in [-0.3, -0.25) is 0 Å². The summed E-state index contributed by atoms with van der Waals surface area (Å²) in [4.78, 5) is 22.8. The number of phenols is 2. The number of fused-ring (bicyclic) bond motifs is 2. The first-order chi connectivity index (χ1) is 14.4. The Morgan fingerprint density at radius 1 is 0.700 bits per heavy atom. The summed E-state index contributed by atoms with van der Waals surface area (Å²) < 4.78 is 10.2. The molecule has 6 nitrogen and oxygen atoms in total. The Hall–Kier alpha value is -3.54. The van der Waals surface area contributed by atoms with Gasteiger partial charge in [-0.15, -0.1) is 0 Å². The monoisotopic (exact) mass is 408 g/mol. The molecule has 0 saturated heterocycles. The number of hydrogen-bond donors (Lipinski definition) is 2. The van der Waals surface area contributed by atoms with E-state index in [9.17, 15) is 19.8 Å². The van der Waals surface area contributed by atoms with E-state index < -0.39 is 0 Å². The molecule has 6 heteroatoms. The predicted molar refractivity (Wildman–Crippen MR) is 113 cm³/mol.